The Labute approximate surface area is 89.9 Å². The van der Waals surface area contributed by atoms with Gasteiger partial charge in [-0.3, -0.25) is 0 Å². The predicted octanol–water partition coefficient (Wildman–Crippen LogP) is -1.22. The molecule has 0 bridgehead atoms. The van der Waals surface area contributed by atoms with Crippen molar-refractivity contribution in [3.63, 3.8) is 0 Å². The van der Waals surface area contributed by atoms with Crippen molar-refractivity contribution in [3.05, 3.63) is 0 Å². The average Bonchev–Trinajstić information content (AvgIpc) is 2.20. The number of hydrogen-bond acceptors (Lipinski definition) is 6. The van der Waals surface area contributed by atoms with E-state index in [0.717, 1.165) is 0 Å². The summed E-state index contributed by atoms with van der Waals surface area (Å²) in [7, 11) is -1.76. The second-order valence-electron chi connectivity index (χ2n) is 2.90. The molecule has 0 spiro atoms. The summed E-state index contributed by atoms with van der Waals surface area (Å²) in [5.41, 5.74) is 0. The lowest BCUT2D eigenvalue weighted by molar-refractivity contribution is -0.00736. The van der Waals surface area contributed by atoms with Gasteiger partial charge in [-0.25, -0.2) is 0 Å². The standard InChI is InChI=1S/C8H19BO6/c1-2-8(15-9(11)12)7-14-6-5-13-4-3-10/h8,10-12H,2-7H2,1H3. The Morgan fingerprint density at radius 3 is 2.33 bits per heavy atom. The van der Waals surface area contributed by atoms with Gasteiger partial charge in [0.15, 0.2) is 0 Å². The van der Waals surface area contributed by atoms with Crippen molar-refractivity contribution in [1.29, 1.82) is 0 Å². The molecule has 0 rings (SSSR count). The van der Waals surface area contributed by atoms with Crippen molar-refractivity contribution in [2.24, 2.45) is 0 Å². The number of aliphatic hydroxyl groups is 1. The fraction of sp³-hybridized carbons (Fsp3) is 1.00. The zero-order valence-electron chi connectivity index (χ0n) is 8.96. The van der Waals surface area contributed by atoms with Crippen molar-refractivity contribution in [2.45, 2.75) is 19.4 Å². The Morgan fingerprint density at radius 1 is 1.13 bits per heavy atom. The molecule has 1 unspecified atom stereocenters. The van der Waals surface area contributed by atoms with Gasteiger partial charge in [0.05, 0.1) is 39.1 Å². The number of rotatable bonds is 10. The van der Waals surface area contributed by atoms with Gasteiger partial charge >= 0.3 is 7.32 Å². The van der Waals surface area contributed by atoms with Crippen LogP contribution < -0.4 is 0 Å². The maximum absolute atomic E-state index is 8.55. The molecular formula is C8H19BO6. The van der Waals surface area contributed by atoms with Crippen LogP contribution in [-0.2, 0) is 14.1 Å². The minimum Gasteiger partial charge on any atom is -0.402 e. The normalized spacial score (nSPS) is 12.8. The second kappa shape index (κ2) is 10.3. The third-order valence-electron chi connectivity index (χ3n) is 1.68. The molecule has 15 heavy (non-hydrogen) atoms. The van der Waals surface area contributed by atoms with E-state index >= 15 is 0 Å². The summed E-state index contributed by atoms with van der Waals surface area (Å²) in [6.45, 7) is 3.24. The maximum atomic E-state index is 8.55. The molecule has 0 aromatic carbocycles. The Hall–Kier alpha value is -0.175. The van der Waals surface area contributed by atoms with E-state index in [1.165, 1.54) is 0 Å². The van der Waals surface area contributed by atoms with Gasteiger partial charge in [0.25, 0.3) is 0 Å². The van der Waals surface area contributed by atoms with Crippen LogP contribution in [0, 0.1) is 0 Å². The first kappa shape index (κ1) is 14.8. The SMILES string of the molecule is CCC(COCCOCCO)OB(O)O. The van der Waals surface area contributed by atoms with Crippen LogP contribution in [0.5, 0.6) is 0 Å². The van der Waals surface area contributed by atoms with Crippen molar-refractivity contribution in [2.75, 3.05) is 33.0 Å². The number of ether oxygens (including phenoxy) is 2. The molecule has 0 fully saturated rings. The largest absolute Gasteiger partial charge is 0.634 e. The van der Waals surface area contributed by atoms with Gasteiger partial charge < -0.3 is 29.3 Å². The van der Waals surface area contributed by atoms with E-state index in [1.54, 1.807) is 0 Å². The Kier molecular flexibility index (Phi) is 10.2. The fourth-order valence-electron chi connectivity index (χ4n) is 0.925. The highest BCUT2D eigenvalue weighted by atomic mass is 16.6. The topological polar surface area (TPSA) is 88.4 Å². The Bertz CT molecular complexity index is 134. The molecule has 0 radical (unpaired) electrons. The van der Waals surface area contributed by atoms with Gasteiger partial charge in [-0.2, -0.15) is 0 Å². The van der Waals surface area contributed by atoms with Gasteiger partial charge in [-0.15, -0.1) is 0 Å². The summed E-state index contributed by atoms with van der Waals surface area (Å²) in [4.78, 5) is 0. The van der Waals surface area contributed by atoms with Gasteiger partial charge in [0, 0.05) is 0 Å². The van der Waals surface area contributed by atoms with Crippen LogP contribution in [-0.4, -0.2) is 61.6 Å². The highest BCUT2D eigenvalue weighted by molar-refractivity contribution is 6.32. The molecule has 90 valence electrons. The summed E-state index contributed by atoms with van der Waals surface area (Å²) >= 11 is 0. The Morgan fingerprint density at radius 2 is 1.80 bits per heavy atom. The third kappa shape index (κ3) is 10.1. The van der Waals surface area contributed by atoms with E-state index in [1.807, 2.05) is 6.92 Å². The third-order valence-corrected chi connectivity index (χ3v) is 1.68. The summed E-state index contributed by atoms with van der Waals surface area (Å²) in [5.74, 6) is 0. The van der Waals surface area contributed by atoms with Crippen molar-refractivity contribution in [1.82, 2.24) is 0 Å². The molecule has 0 heterocycles. The van der Waals surface area contributed by atoms with E-state index in [4.69, 9.17) is 29.3 Å². The summed E-state index contributed by atoms with van der Waals surface area (Å²) in [6.07, 6.45) is 0.303. The first-order valence-electron chi connectivity index (χ1n) is 4.98. The summed E-state index contributed by atoms with van der Waals surface area (Å²) in [5, 5.41) is 25.5. The molecule has 0 saturated heterocycles. The van der Waals surface area contributed by atoms with E-state index in [9.17, 15) is 0 Å². The van der Waals surface area contributed by atoms with E-state index in [0.29, 0.717) is 26.2 Å². The molecule has 1 atom stereocenters. The molecule has 3 N–H and O–H groups in total. The predicted molar refractivity (Wildman–Crippen MR) is 54.1 cm³/mol. The van der Waals surface area contributed by atoms with Crippen LogP contribution in [0.15, 0.2) is 0 Å². The molecule has 7 heteroatoms. The molecule has 0 aromatic rings. The van der Waals surface area contributed by atoms with Crippen LogP contribution in [0.2, 0.25) is 0 Å². The zero-order chi connectivity index (χ0) is 11.5. The lowest BCUT2D eigenvalue weighted by atomic mass is 10.2. The van der Waals surface area contributed by atoms with E-state index in [2.05, 4.69) is 0 Å². The van der Waals surface area contributed by atoms with Gasteiger partial charge in [0.2, 0.25) is 0 Å². The van der Waals surface area contributed by atoms with Crippen LogP contribution in [0.25, 0.3) is 0 Å². The first-order chi connectivity index (χ1) is 7.20. The molecule has 0 aliphatic rings. The monoisotopic (exact) mass is 222 g/mol. The highest BCUT2D eigenvalue weighted by Crippen LogP contribution is 1.99. The fourth-order valence-corrected chi connectivity index (χ4v) is 0.925. The van der Waals surface area contributed by atoms with Crippen molar-refractivity contribution >= 4 is 7.32 Å². The quantitative estimate of drug-likeness (QED) is 0.317. The maximum Gasteiger partial charge on any atom is 0.634 e. The smallest absolute Gasteiger partial charge is 0.402 e. The zero-order valence-corrected chi connectivity index (χ0v) is 8.96. The average molecular weight is 222 g/mol. The molecule has 0 aromatic heterocycles. The van der Waals surface area contributed by atoms with Crippen LogP contribution in [0.1, 0.15) is 13.3 Å². The summed E-state index contributed by atoms with van der Waals surface area (Å²) in [6, 6.07) is 0. The first-order valence-corrected chi connectivity index (χ1v) is 4.98. The van der Waals surface area contributed by atoms with Gasteiger partial charge in [-0.1, -0.05) is 6.92 Å². The molecule has 6 nitrogen and oxygen atoms in total. The van der Waals surface area contributed by atoms with Gasteiger partial charge in [0.1, 0.15) is 0 Å². The van der Waals surface area contributed by atoms with E-state index in [-0.39, 0.29) is 19.3 Å². The minimum atomic E-state index is -1.76. The molecule has 0 saturated carbocycles. The van der Waals surface area contributed by atoms with E-state index < -0.39 is 7.32 Å². The lowest BCUT2D eigenvalue weighted by Gasteiger charge is -2.15. The van der Waals surface area contributed by atoms with Crippen LogP contribution in [0.3, 0.4) is 0 Å². The summed E-state index contributed by atoms with van der Waals surface area (Å²) < 4.78 is 14.9. The Balaban J connectivity index is 3.30. The van der Waals surface area contributed by atoms with Crippen molar-refractivity contribution < 1.29 is 29.3 Å². The second-order valence-corrected chi connectivity index (χ2v) is 2.90. The van der Waals surface area contributed by atoms with Crippen LogP contribution >= 0.6 is 0 Å². The lowest BCUT2D eigenvalue weighted by Crippen LogP contribution is -2.29. The van der Waals surface area contributed by atoms with Crippen LogP contribution in [0.4, 0.5) is 0 Å². The minimum absolute atomic E-state index is 0.00258. The number of hydrogen-bond donors (Lipinski definition) is 3. The highest BCUT2D eigenvalue weighted by Gasteiger charge is 2.16. The number of aliphatic hydroxyl groups excluding tert-OH is 1. The molecular weight excluding hydrogens is 203 g/mol. The molecule has 0 amide bonds. The van der Waals surface area contributed by atoms with Gasteiger partial charge in [-0.05, 0) is 6.42 Å². The van der Waals surface area contributed by atoms with Crippen molar-refractivity contribution in [3.8, 4) is 0 Å². The molecule has 0 aliphatic carbocycles. The molecule has 0 aliphatic heterocycles.